The van der Waals surface area contributed by atoms with Gasteiger partial charge < -0.3 is 0 Å². The molecule has 0 aliphatic carbocycles. The van der Waals surface area contributed by atoms with Crippen molar-refractivity contribution in [1.82, 2.24) is 0 Å². The van der Waals surface area contributed by atoms with Crippen molar-refractivity contribution in [2.45, 2.75) is 19.3 Å². The Hall–Kier alpha value is -0.920. The lowest BCUT2D eigenvalue weighted by Gasteiger charge is -2.02. The van der Waals surface area contributed by atoms with E-state index in [0.29, 0.717) is 6.42 Å². The fourth-order valence-electron chi connectivity index (χ4n) is 0.853. The molecule has 1 heterocycles. The topological polar surface area (TPSA) is 29.4 Å². The van der Waals surface area contributed by atoms with Crippen molar-refractivity contribution in [3.8, 4) is 0 Å². The molecule has 2 nitrogen and oxygen atoms in total. The smallest absolute Gasteiger partial charge is 0.162 e. The first kappa shape index (κ1) is 7.19. The monoisotopic (exact) mass is 136 g/mol. The maximum absolute atomic E-state index is 10.8. The van der Waals surface area contributed by atoms with E-state index < -0.39 is 0 Å². The Labute approximate surface area is 60.7 Å². The number of allylic oxidation sites excluding steroid dienone is 2. The average Bonchev–Trinajstić information content (AvgIpc) is 1.88. The van der Waals surface area contributed by atoms with E-state index in [4.69, 9.17) is 0 Å². The highest BCUT2D eigenvalue weighted by atomic mass is 16.1. The third kappa shape index (κ3) is 1.79. The molecule has 0 bridgehead atoms. The number of carbonyl (C=O) groups is 1. The van der Waals surface area contributed by atoms with Crippen LogP contribution in [0.4, 0.5) is 0 Å². The van der Waals surface area contributed by atoms with E-state index in [9.17, 15) is 4.79 Å². The van der Waals surface area contributed by atoms with Gasteiger partial charge in [0.15, 0.2) is 5.78 Å². The van der Waals surface area contributed by atoms with Crippen molar-refractivity contribution >= 4 is 12.0 Å². The van der Waals surface area contributed by atoms with Gasteiger partial charge in [-0.05, 0) is 12.8 Å². The molecule has 0 saturated heterocycles. The Kier molecular flexibility index (Phi) is 2.37. The number of hydrogen-bond donors (Lipinski definition) is 0. The molecule has 0 N–H and O–H groups in total. The van der Waals surface area contributed by atoms with Gasteiger partial charge in [-0.3, -0.25) is 9.79 Å². The molecule has 0 unspecified atom stereocenters. The van der Waals surface area contributed by atoms with Gasteiger partial charge in [0, 0.05) is 24.4 Å². The zero-order valence-corrected chi connectivity index (χ0v) is 5.84. The van der Waals surface area contributed by atoms with E-state index in [-0.39, 0.29) is 5.78 Å². The molecule has 1 radical (unpaired) electrons. The van der Waals surface area contributed by atoms with Gasteiger partial charge in [0.2, 0.25) is 0 Å². The molecule has 1 aliphatic heterocycles. The number of carbonyl (C=O) groups excluding carboxylic acids is 1. The zero-order chi connectivity index (χ0) is 7.40. The van der Waals surface area contributed by atoms with Gasteiger partial charge in [0.25, 0.3) is 0 Å². The molecule has 0 atom stereocenters. The van der Waals surface area contributed by atoms with Crippen LogP contribution in [0.5, 0.6) is 0 Å². The summed E-state index contributed by atoms with van der Waals surface area (Å²) >= 11 is 0. The van der Waals surface area contributed by atoms with Gasteiger partial charge in [0.05, 0.1) is 0 Å². The molecular formula is C8H10NO. The molecular weight excluding hydrogens is 126 g/mol. The minimum Gasteiger partial charge on any atom is -0.294 e. The van der Waals surface area contributed by atoms with Crippen LogP contribution in [0.1, 0.15) is 19.3 Å². The summed E-state index contributed by atoms with van der Waals surface area (Å²) in [6.45, 7) is 3.68. The molecule has 0 saturated carbocycles. The molecule has 0 amide bonds. The van der Waals surface area contributed by atoms with E-state index in [0.717, 1.165) is 18.5 Å². The number of aliphatic imine (C=N–C) groups is 1. The van der Waals surface area contributed by atoms with E-state index in [2.05, 4.69) is 11.9 Å². The predicted octanol–water partition coefficient (Wildman–Crippen LogP) is 1.53. The van der Waals surface area contributed by atoms with Gasteiger partial charge in [-0.2, -0.15) is 0 Å². The second kappa shape index (κ2) is 3.30. The third-order valence-corrected chi connectivity index (χ3v) is 1.31. The maximum atomic E-state index is 10.8. The summed E-state index contributed by atoms with van der Waals surface area (Å²) in [5.41, 5.74) is 0.867. The minimum absolute atomic E-state index is 0.151. The van der Waals surface area contributed by atoms with Crippen molar-refractivity contribution < 1.29 is 4.79 Å². The summed E-state index contributed by atoms with van der Waals surface area (Å²) in [5.74, 6) is 0.151. The van der Waals surface area contributed by atoms with Crippen LogP contribution in [-0.2, 0) is 4.79 Å². The van der Waals surface area contributed by atoms with E-state index in [1.807, 2.05) is 0 Å². The molecule has 0 aromatic rings. The van der Waals surface area contributed by atoms with E-state index >= 15 is 0 Å². The summed E-state index contributed by atoms with van der Waals surface area (Å²) < 4.78 is 0. The standard InChI is InChI=1S/C8H10NO/c1-2-3-7-6-8(10)4-5-9-7/h5-6H,1-4H2. The van der Waals surface area contributed by atoms with Crippen LogP contribution in [0, 0.1) is 6.92 Å². The van der Waals surface area contributed by atoms with Crippen LogP contribution >= 0.6 is 0 Å². The predicted molar refractivity (Wildman–Crippen MR) is 40.8 cm³/mol. The SMILES string of the molecule is [CH2]CCC1=CC(=O)CC=N1. The minimum atomic E-state index is 0.151. The summed E-state index contributed by atoms with van der Waals surface area (Å²) in [4.78, 5) is 14.8. The molecule has 0 spiro atoms. The van der Waals surface area contributed by atoms with Gasteiger partial charge in [-0.25, -0.2) is 0 Å². The molecule has 1 aliphatic rings. The van der Waals surface area contributed by atoms with Gasteiger partial charge in [0.1, 0.15) is 0 Å². The van der Waals surface area contributed by atoms with Crippen molar-refractivity contribution in [2.24, 2.45) is 4.99 Å². The first-order valence-electron chi connectivity index (χ1n) is 3.38. The number of ketones is 1. The van der Waals surface area contributed by atoms with Crippen molar-refractivity contribution in [1.29, 1.82) is 0 Å². The Morgan fingerprint density at radius 2 is 2.50 bits per heavy atom. The maximum Gasteiger partial charge on any atom is 0.162 e. The first-order valence-corrected chi connectivity index (χ1v) is 3.38. The van der Waals surface area contributed by atoms with Crippen LogP contribution in [0.3, 0.4) is 0 Å². The highest BCUT2D eigenvalue weighted by molar-refractivity contribution is 6.01. The van der Waals surface area contributed by atoms with E-state index in [1.165, 1.54) is 0 Å². The Morgan fingerprint density at radius 3 is 3.10 bits per heavy atom. The van der Waals surface area contributed by atoms with Crippen molar-refractivity contribution in [2.75, 3.05) is 0 Å². The normalized spacial score (nSPS) is 17.3. The van der Waals surface area contributed by atoms with Crippen LogP contribution in [0.25, 0.3) is 0 Å². The second-order valence-corrected chi connectivity index (χ2v) is 2.22. The summed E-state index contributed by atoms with van der Waals surface area (Å²) in [6.07, 6.45) is 5.33. The van der Waals surface area contributed by atoms with Gasteiger partial charge in [-0.1, -0.05) is 6.92 Å². The van der Waals surface area contributed by atoms with Crippen LogP contribution in [0.2, 0.25) is 0 Å². The fraction of sp³-hybridized carbons (Fsp3) is 0.375. The third-order valence-electron chi connectivity index (χ3n) is 1.31. The van der Waals surface area contributed by atoms with E-state index in [1.54, 1.807) is 12.3 Å². The van der Waals surface area contributed by atoms with Gasteiger partial charge in [-0.15, -0.1) is 0 Å². The number of rotatable bonds is 2. The first-order chi connectivity index (χ1) is 4.83. The lowest BCUT2D eigenvalue weighted by Crippen LogP contribution is -2.00. The molecule has 0 fully saturated rings. The molecule has 2 heteroatoms. The second-order valence-electron chi connectivity index (χ2n) is 2.22. The van der Waals surface area contributed by atoms with Crippen molar-refractivity contribution in [3.05, 3.63) is 18.7 Å². The van der Waals surface area contributed by atoms with Gasteiger partial charge >= 0.3 is 0 Å². The fourth-order valence-corrected chi connectivity index (χ4v) is 0.853. The molecule has 10 heavy (non-hydrogen) atoms. The van der Waals surface area contributed by atoms with Crippen LogP contribution in [-0.4, -0.2) is 12.0 Å². The number of hydrogen-bond acceptors (Lipinski definition) is 2. The molecule has 1 rings (SSSR count). The number of nitrogens with zero attached hydrogens (tertiary/aromatic N) is 1. The largest absolute Gasteiger partial charge is 0.294 e. The summed E-state index contributed by atoms with van der Waals surface area (Å²) in [6, 6.07) is 0. The Balaban J connectivity index is 2.57. The lowest BCUT2D eigenvalue weighted by atomic mass is 10.1. The Morgan fingerprint density at radius 1 is 1.70 bits per heavy atom. The quantitative estimate of drug-likeness (QED) is 0.566. The molecule has 0 aromatic carbocycles. The lowest BCUT2D eigenvalue weighted by molar-refractivity contribution is -0.113. The Bertz CT molecular complexity index is 191. The van der Waals surface area contributed by atoms with Crippen LogP contribution in [0.15, 0.2) is 16.8 Å². The highest BCUT2D eigenvalue weighted by Gasteiger charge is 2.03. The summed E-state index contributed by atoms with van der Waals surface area (Å²) in [5, 5.41) is 0. The molecule has 0 aromatic heterocycles. The van der Waals surface area contributed by atoms with Crippen molar-refractivity contribution in [3.63, 3.8) is 0 Å². The molecule has 53 valence electrons. The average molecular weight is 136 g/mol. The highest BCUT2D eigenvalue weighted by Crippen LogP contribution is 2.09. The zero-order valence-electron chi connectivity index (χ0n) is 5.84. The van der Waals surface area contributed by atoms with Crippen LogP contribution < -0.4 is 0 Å². The summed E-state index contributed by atoms with van der Waals surface area (Å²) in [7, 11) is 0.